The lowest BCUT2D eigenvalue weighted by Gasteiger charge is -2.29. The van der Waals surface area contributed by atoms with Gasteiger partial charge >= 0.3 is 0 Å². The summed E-state index contributed by atoms with van der Waals surface area (Å²) in [4.78, 5) is 24.1. The molecule has 0 radical (unpaired) electrons. The average molecular weight is 458 g/mol. The Kier molecular flexibility index (Phi) is 8.56. The number of oxime groups is 1. The van der Waals surface area contributed by atoms with Crippen molar-refractivity contribution < 1.29 is 23.8 Å². The largest absolute Gasteiger partial charge is 0.493 e. The third-order valence-corrected chi connectivity index (χ3v) is 5.29. The average Bonchev–Trinajstić information content (AvgIpc) is 2.87. The first-order valence-electron chi connectivity index (χ1n) is 10.8. The van der Waals surface area contributed by atoms with Crippen LogP contribution in [0.25, 0.3) is 0 Å². The standard InChI is InChI=1S/C23H31N5O5/c1-30-18-12-16(13-19(31-2)21(18)32-3)14-26-20(29)15-33-27-22(24)17-8-7-9-25-23(17)28-10-5-4-6-11-28/h7-9,12-13H,4-6,10-11,14-15H2,1-3H3,(H2,24,27)(H,26,29). The number of rotatable bonds is 10. The molecular weight excluding hydrogens is 426 g/mol. The van der Waals surface area contributed by atoms with E-state index in [-0.39, 0.29) is 24.9 Å². The Balaban J connectivity index is 1.57. The van der Waals surface area contributed by atoms with Gasteiger partial charge in [-0.2, -0.15) is 0 Å². The first-order chi connectivity index (χ1) is 16.1. The number of carbonyl (C=O) groups is 1. The lowest BCUT2D eigenvalue weighted by molar-refractivity contribution is -0.125. The highest BCUT2D eigenvalue weighted by Gasteiger charge is 2.18. The molecule has 10 nitrogen and oxygen atoms in total. The number of pyridine rings is 1. The predicted octanol–water partition coefficient (Wildman–Crippen LogP) is 2.05. The van der Waals surface area contributed by atoms with Crippen molar-refractivity contribution in [3.8, 4) is 17.2 Å². The molecule has 2 heterocycles. The summed E-state index contributed by atoms with van der Waals surface area (Å²) in [7, 11) is 4.61. The summed E-state index contributed by atoms with van der Waals surface area (Å²) in [6.45, 7) is 1.84. The molecular formula is C23H31N5O5. The van der Waals surface area contributed by atoms with Crippen LogP contribution in [-0.2, 0) is 16.2 Å². The Morgan fingerprint density at radius 3 is 2.45 bits per heavy atom. The number of nitrogens with two attached hydrogens (primary N) is 1. The molecule has 0 atom stereocenters. The summed E-state index contributed by atoms with van der Waals surface area (Å²) >= 11 is 0. The van der Waals surface area contributed by atoms with Gasteiger partial charge in [-0.05, 0) is 49.1 Å². The monoisotopic (exact) mass is 457 g/mol. The molecule has 1 fully saturated rings. The first-order valence-corrected chi connectivity index (χ1v) is 10.8. The van der Waals surface area contributed by atoms with E-state index in [1.54, 1.807) is 24.4 Å². The van der Waals surface area contributed by atoms with Gasteiger partial charge in [0.25, 0.3) is 5.91 Å². The minimum Gasteiger partial charge on any atom is -0.493 e. The summed E-state index contributed by atoms with van der Waals surface area (Å²) in [5.41, 5.74) is 7.60. The molecule has 1 amide bonds. The third-order valence-electron chi connectivity index (χ3n) is 5.29. The van der Waals surface area contributed by atoms with Gasteiger partial charge in [0.2, 0.25) is 5.75 Å². The molecule has 10 heteroatoms. The quantitative estimate of drug-likeness (QED) is 0.316. The number of carbonyl (C=O) groups excluding carboxylic acids is 1. The summed E-state index contributed by atoms with van der Waals surface area (Å²) < 4.78 is 16.0. The lowest BCUT2D eigenvalue weighted by atomic mass is 10.1. The van der Waals surface area contributed by atoms with Crippen LogP contribution in [0.4, 0.5) is 5.82 Å². The van der Waals surface area contributed by atoms with E-state index in [1.165, 1.54) is 27.8 Å². The molecule has 0 unspecified atom stereocenters. The van der Waals surface area contributed by atoms with Gasteiger partial charge in [0.15, 0.2) is 23.9 Å². The number of hydrogen-bond donors (Lipinski definition) is 2. The number of amidine groups is 1. The smallest absolute Gasteiger partial charge is 0.261 e. The summed E-state index contributed by atoms with van der Waals surface area (Å²) in [6.07, 6.45) is 5.19. The van der Waals surface area contributed by atoms with Crippen LogP contribution >= 0.6 is 0 Å². The van der Waals surface area contributed by atoms with Gasteiger partial charge < -0.3 is 35.0 Å². The minimum atomic E-state index is -0.345. The Morgan fingerprint density at radius 2 is 1.82 bits per heavy atom. The van der Waals surface area contributed by atoms with Gasteiger partial charge in [-0.3, -0.25) is 4.79 Å². The lowest BCUT2D eigenvalue weighted by Crippen LogP contribution is -2.32. The van der Waals surface area contributed by atoms with E-state index in [9.17, 15) is 4.79 Å². The van der Waals surface area contributed by atoms with E-state index >= 15 is 0 Å². The van der Waals surface area contributed by atoms with E-state index < -0.39 is 0 Å². The Hall–Kier alpha value is -3.69. The molecule has 178 valence electrons. The fourth-order valence-corrected chi connectivity index (χ4v) is 3.65. The maximum Gasteiger partial charge on any atom is 0.261 e. The Morgan fingerprint density at radius 1 is 1.12 bits per heavy atom. The number of amides is 1. The molecule has 0 saturated carbocycles. The Bertz CT molecular complexity index is 950. The van der Waals surface area contributed by atoms with E-state index in [0.717, 1.165) is 37.3 Å². The zero-order chi connectivity index (χ0) is 23.6. The zero-order valence-corrected chi connectivity index (χ0v) is 19.3. The molecule has 33 heavy (non-hydrogen) atoms. The van der Waals surface area contributed by atoms with Crippen LogP contribution in [0.5, 0.6) is 17.2 Å². The molecule has 0 aliphatic carbocycles. The van der Waals surface area contributed by atoms with Crippen molar-refractivity contribution in [3.05, 3.63) is 41.6 Å². The van der Waals surface area contributed by atoms with E-state index in [4.69, 9.17) is 24.8 Å². The van der Waals surface area contributed by atoms with Gasteiger partial charge in [0.1, 0.15) is 5.82 Å². The number of anilines is 1. The number of benzene rings is 1. The van der Waals surface area contributed by atoms with Crippen LogP contribution in [0, 0.1) is 0 Å². The highest BCUT2D eigenvalue weighted by Crippen LogP contribution is 2.38. The number of ether oxygens (including phenoxy) is 3. The number of nitrogens with one attached hydrogen (secondary N) is 1. The Labute approximate surface area is 193 Å². The number of hydrogen-bond acceptors (Lipinski definition) is 8. The van der Waals surface area contributed by atoms with Crippen molar-refractivity contribution in [1.82, 2.24) is 10.3 Å². The van der Waals surface area contributed by atoms with Crippen LogP contribution in [0.15, 0.2) is 35.6 Å². The van der Waals surface area contributed by atoms with Crippen molar-refractivity contribution in [3.63, 3.8) is 0 Å². The van der Waals surface area contributed by atoms with Crippen molar-refractivity contribution in [1.29, 1.82) is 0 Å². The fraction of sp³-hybridized carbons (Fsp3) is 0.435. The fourth-order valence-electron chi connectivity index (χ4n) is 3.65. The van der Waals surface area contributed by atoms with E-state index in [1.807, 2.05) is 6.07 Å². The second-order valence-corrected chi connectivity index (χ2v) is 7.48. The van der Waals surface area contributed by atoms with Crippen molar-refractivity contribution >= 4 is 17.6 Å². The van der Waals surface area contributed by atoms with Crippen molar-refractivity contribution in [2.75, 3.05) is 45.9 Å². The minimum absolute atomic E-state index is 0.182. The summed E-state index contributed by atoms with van der Waals surface area (Å²) in [5.74, 6) is 2.13. The van der Waals surface area contributed by atoms with Crippen LogP contribution in [0.1, 0.15) is 30.4 Å². The van der Waals surface area contributed by atoms with Gasteiger partial charge in [-0.15, -0.1) is 0 Å². The number of methoxy groups -OCH3 is 3. The highest BCUT2D eigenvalue weighted by atomic mass is 16.6. The molecule has 0 spiro atoms. The molecule has 1 aliphatic rings. The van der Waals surface area contributed by atoms with Crippen LogP contribution in [0.2, 0.25) is 0 Å². The maximum absolute atomic E-state index is 12.2. The van der Waals surface area contributed by atoms with Gasteiger partial charge in [-0.25, -0.2) is 4.98 Å². The SMILES string of the molecule is COc1cc(CNC(=O)CO/N=C(/N)c2cccnc2N2CCCCC2)cc(OC)c1OC. The zero-order valence-electron chi connectivity index (χ0n) is 19.3. The number of nitrogens with zero attached hydrogens (tertiary/aromatic N) is 3. The third kappa shape index (κ3) is 6.18. The topological polar surface area (TPSA) is 121 Å². The van der Waals surface area contributed by atoms with E-state index in [0.29, 0.717) is 22.8 Å². The van der Waals surface area contributed by atoms with E-state index in [2.05, 4.69) is 20.4 Å². The summed E-state index contributed by atoms with van der Waals surface area (Å²) in [6, 6.07) is 7.19. The second-order valence-electron chi connectivity index (χ2n) is 7.48. The van der Waals surface area contributed by atoms with Gasteiger partial charge in [0, 0.05) is 25.8 Å². The maximum atomic E-state index is 12.2. The van der Waals surface area contributed by atoms with Crippen LogP contribution in [-0.4, -0.2) is 57.8 Å². The molecule has 2 aromatic rings. The molecule has 1 aliphatic heterocycles. The molecule has 0 bridgehead atoms. The van der Waals surface area contributed by atoms with Crippen molar-refractivity contribution in [2.45, 2.75) is 25.8 Å². The number of piperidine rings is 1. The first kappa shape index (κ1) is 24.0. The normalized spacial score (nSPS) is 13.9. The second kappa shape index (κ2) is 11.8. The highest BCUT2D eigenvalue weighted by molar-refractivity contribution is 6.01. The molecule has 3 rings (SSSR count). The molecule has 1 aromatic carbocycles. The molecule has 1 aromatic heterocycles. The molecule has 3 N–H and O–H groups in total. The van der Waals surface area contributed by atoms with Crippen LogP contribution < -0.4 is 30.2 Å². The predicted molar refractivity (Wildman–Crippen MR) is 125 cm³/mol. The molecule has 1 saturated heterocycles. The number of aromatic nitrogens is 1. The van der Waals surface area contributed by atoms with Crippen molar-refractivity contribution in [2.24, 2.45) is 10.9 Å². The summed E-state index contributed by atoms with van der Waals surface area (Å²) in [5, 5.41) is 6.70. The van der Waals surface area contributed by atoms with Gasteiger partial charge in [0.05, 0.1) is 26.9 Å². The van der Waals surface area contributed by atoms with Crippen LogP contribution in [0.3, 0.4) is 0 Å². The van der Waals surface area contributed by atoms with Gasteiger partial charge in [-0.1, -0.05) is 5.16 Å².